The van der Waals surface area contributed by atoms with Gasteiger partial charge in [-0.05, 0) is 6.42 Å². The number of hydrogen-bond acceptors (Lipinski definition) is 7. The van der Waals surface area contributed by atoms with Gasteiger partial charge >= 0.3 is 0 Å². The first-order valence-corrected chi connectivity index (χ1v) is 6.89. The van der Waals surface area contributed by atoms with Crippen LogP contribution < -0.4 is 10.5 Å². The monoisotopic (exact) mass is 266 g/mol. The van der Waals surface area contributed by atoms with Crippen LogP contribution in [0.4, 0.5) is 5.13 Å². The molecule has 0 aliphatic rings. The van der Waals surface area contributed by atoms with Crippen LogP contribution in [-0.2, 0) is 14.8 Å². The number of nitrogens with zero attached hydrogens (tertiary/aromatic N) is 2. The molecule has 16 heavy (non-hydrogen) atoms. The molecule has 0 aliphatic heterocycles. The van der Waals surface area contributed by atoms with Gasteiger partial charge < -0.3 is 10.5 Å². The maximum absolute atomic E-state index is 11.8. The lowest BCUT2D eigenvalue weighted by Gasteiger charge is -2.14. The Morgan fingerprint density at radius 3 is 2.69 bits per heavy atom. The number of ether oxygens (including phenoxy) is 1. The van der Waals surface area contributed by atoms with E-state index in [2.05, 4.69) is 14.9 Å². The maximum Gasteiger partial charge on any atom is 0.270 e. The van der Waals surface area contributed by atoms with Crippen LogP contribution in [0.1, 0.15) is 13.3 Å². The summed E-state index contributed by atoms with van der Waals surface area (Å²) < 4.78 is 30.8. The summed E-state index contributed by atoms with van der Waals surface area (Å²) in [5, 5.41) is 7.07. The molecule has 0 radical (unpaired) electrons. The van der Waals surface area contributed by atoms with Gasteiger partial charge in [-0.3, -0.25) is 0 Å². The summed E-state index contributed by atoms with van der Waals surface area (Å²) in [6.45, 7) is 2.17. The summed E-state index contributed by atoms with van der Waals surface area (Å²) in [5.74, 6) is 0. The van der Waals surface area contributed by atoms with Crippen molar-refractivity contribution in [2.75, 3.05) is 19.5 Å². The van der Waals surface area contributed by atoms with Crippen LogP contribution in [0.15, 0.2) is 4.34 Å². The molecule has 0 aromatic carbocycles. The number of methoxy groups -OCH3 is 1. The van der Waals surface area contributed by atoms with Gasteiger partial charge in [-0.2, -0.15) is 0 Å². The van der Waals surface area contributed by atoms with Gasteiger partial charge in [0.2, 0.25) is 9.47 Å². The van der Waals surface area contributed by atoms with E-state index in [4.69, 9.17) is 10.5 Å². The second-order valence-corrected chi connectivity index (χ2v) is 5.98. The Kier molecular flexibility index (Phi) is 4.59. The van der Waals surface area contributed by atoms with Crippen LogP contribution in [-0.4, -0.2) is 38.4 Å². The van der Waals surface area contributed by atoms with E-state index in [-0.39, 0.29) is 15.5 Å². The van der Waals surface area contributed by atoms with Crippen molar-refractivity contribution in [3.05, 3.63) is 0 Å². The van der Waals surface area contributed by atoms with Gasteiger partial charge in [0.15, 0.2) is 0 Å². The largest absolute Gasteiger partial charge is 0.383 e. The van der Waals surface area contributed by atoms with Gasteiger partial charge in [0.25, 0.3) is 10.0 Å². The number of aromatic nitrogens is 2. The number of nitrogens with one attached hydrogen (secondary N) is 1. The lowest BCUT2D eigenvalue weighted by atomic mass is 10.3. The van der Waals surface area contributed by atoms with E-state index in [0.717, 1.165) is 11.3 Å². The minimum Gasteiger partial charge on any atom is -0.383 e. The van der Waals surface area contributed by atoms with Gasteiger partial charge in [-0.1, -0.05) is 18.3 Å². The summed E-state index contributed by atoms with van der Waals surface area (Å²) >= 11 is 0.830. The predicted octanol–water partition coefficient (Wildman–Crippen LogP) is -0.176. The summed E-state index contributed by atoms with van der Waals surface area (Å²) in [6.07, 6.45) is 0.626. The molecule has 7 nitrogen and oxygen atoms in total. The van der Waals surface area contributed by atoms with Gasteiger partial charge in [0.1, 0.15) is 0 Å². The quantitative estimate of drug-likeness (QED) is 0.740. The van der Waals surface area contributed by atoms with Crippen molar-refractivity contribution in [2.24, 2.45) is 0 Å². The Morgan fingerprint density at radius 2 is 2.25 bits per heavy atom. The van der Waals surface area contributed by atoms with Crippen LogP contribution >= 0.6 is 11.3 Å². The smallest absolute Gasteiger partial charge is 0.270 e. The van der Waals surface area contributed by atoms with E-state index in [1.165, 1.54) is 7.11 Å². The van der Waals surface area contributed by atoms with Gasteiger partial charge in [0, 0.05) is 13.2 Å². The van der Waals surface area contributed by atoms with Crippen LogP contribution in [0.3, 0.4) is 0 Å². The molecule has 0 fully saturated rings. The highest BCUT2D eigenvalue weighted by molar-refractivity contribution is 7.91. The summed E-state index contributed by atoms with van der Waals surface area (Å²) in [7, 11) is -2.12. The molecule has 0 bridgehead atoms. The molecule has 0 spiro atoms. The molecule has 0 amide bonds. The molecule has 92 valence electrons. The number of nitrogens with two attached hydrogens (primary N) is 1. The lowest BCUT2D eigenvalue weighted by molar-refractivity contribution is 0.173. The minimum absolute atomic E-state index is 0.125. The predicted molar refractivity (Wildman–Crippen MR) is 60.6 cm³/mol. The molecule has 0 aliphatic carbocycles. The normalized spacial score (nSPS) is 13.9. The third kappa shape index (κ3) is 3.37. The van der Waals surface area contributed by atoms with E-state index in [9.17, 15) is 8.42 Å². The van der Waals surface area contributed by atoms with E-state index in [1.54, 1.807) is 0 Å². The number of anilines is 1. The second kappa shape index (κ2) is 5.53. The lowest BCUT2D eigenvalue weighted by Crippen LogP contribution is -2.37. The Hall–Kier alpha value is -0.770. The minimum atomic E-state index is -3.64. The molecule has 1 heterocycles. The fourth-order valence-electron chi connectivity index (χ4n) is 1.04. The average Bonchev–Trinajstić information content (AvgIpc) is 2.64. The van der Waals surface area contributed by atoms with Crippen molar-refractivity contribution in [2.45, 2.75) is 23.7 Å². The first-order chi connectivity index (χ1) is 7.49. The van der Waals surface area contributed by atoms with Gasteiger partial charge in [0.05, 0.1) is 6.61 Å². The zero-order chi connectivity index (χ0) is 12.2. The first kappa shape index (κ1) is 13.3. The molecule has 1 rings (SSSR count). The van der Waals surface area contributed by atoms with Crippen molar-refractivity contribution in [1.29, 1.82) is 0 Å². The van der Waals surface area contributed by atoms with Crippen LogP contribution in [0.2, 0.25) is 0 Å². The van der Waals surface area contributed by atoms with Crippen LogP contribution in [0.5, 0.6) is 0 Å². The van der Waals surface area contributed by atoms with Crippen LogP contribution in [0.25, 0.3) is 0 Å². The Morgan fingerprint density at radius 1 is 1.56 bits per heavy atom. The van der Waals surface area contributed by atoms with E-state index in [0.29, 0.717) is 13.0 Å². The molecule has 0 saturated heterocycles. The highest BCUT2D eigenvalue weighted by atomic mass is 32.2. The first-order valence-electron chi connectivity index (χ1n) is 4.59. The molecular formula is C7H14N4O3S2. The third-order valence-electron chi connectivity index (χ3n) is 1.83. The van der Waals surface area contributed by atoms with Crippen molar-refractivity contribution in [3.63, 3.8) is 0 Å². The summed E-state index contributed by atoms with van der Waals surface area (Å²) in [5.41, 5.74) is 5.33. The van der Waals surface area contributed by atoms with E-state index < -0.39 is 10.0 Å². The number of sulfonamides is 1. The summed E-state index contributed by atoms with van der Waals surface area (Å²) in [6, 6.07) is -0.278. The highest BCUT2D eigenvalue weighted by Crippen LogP contribution is 2.17. The van der Waals surface area contributed by atoms with Gasteiger partial charge in [-0.25, -0.2) is 13.1 Å². The Labute approximate surface area is 98.1 Å². The van der Waals surface area contributed by atoms with Crippen molar-refractivity contribution in [3.8, 4) is 0 Å². The number of rotatable bonds is 6. The Balaban J connectivity index is 2.78. The fourth-order valence-corrected chi connectivity index (χ4v) is 3.14. The molecular weight excluding hydrogens is 252 g/mol. The average molecular weight is 266 g/mol. The molecule has 0 saturated carbocycles. The van der Waals surface area contributed by atoms with Crippen molar-refractivity contribution in [1.82, 2.24) is 14.9 Å². The highest BCUT2D eigenvalue weighted by Gasteiger charge is 2.22. The maximum atomic E-state index is 11.8. The zero-order valence-electron chi connectivity index (χ0n) is 9.00. The number of nitrogen functional groups attached to an aromatic ring is 1. The van der Waals surface area contributed by atoms with Crippen LogP contribution in [0, 0.1) is 0 Å². The topological polar surface area (TPSA) is 107 Å². The third-order valence-corrected chi connectivity index (χ3v) is 4.47. The number of hydrogen-bond donors (Lipinski definition) is 2. The molecule has 1 unspecified atom stereocenters. The SMILES string of the molecule is CCC(COC)NS(=O)(=O)c1nnc(N)s1. The molecule has 1 atom stereocenters. The molecule has 3 N–H and O–H groups in total. The fraction of sp³-hybridized carbons (Fsp3) is 0.714. The molecule has 9 heteroatoms. The molecule has 1 aromatic heterocycles. The van der Waals surface area contributed by atoms with E-state index >= 15 is 0 Å². The van der Waals surface area contributed by atoms with Crippen molar-refractivity contribution < 1.29 is 13.2 Å². The molecule has 1 aromatic rings. The van der Waals surface area contributed by atoms with E-state index in [1.807, 2.05) is 6.92 Å². The Bertz CT molecular complexity index is 431. The summed E-state index contributed by atoms with van der Waals surface area (Å²) in [4.78, 5) is 0. The van der Waals surface area contributed by atoms with Crippen molar-refractivity contribution >= 4 is 26.5 Å². The van der Waals surface area contributed by atoms with Gasteiger partial charge in [-0.15, -0.1) is 10.2 Å². The zero-order valence-corrected chi connectivity index (χ0v) is 10.6. The second-order valence-electron chi connectivity index (χ2n) is 3.09. The standard InChI is InChI=1S/C7H14N4O3S2/c1-3-5(4-14-2)11-16(12,13)7-10-9-6(8)15-7/h5,11H,3-4H2,1-2H3,(H2,8,9).